The van der Waals surface area contributed by atoms with Crippen LogP contribution in [0.25, 0.3) is 28.0 Å². The Hall–Kier alpha value is -4.66. The van der Waals surface area contributed by atoms with Crippen molar-refractivity contribution >= 4 is 28.8 Å². The molecule has 2 aromatic carbocycles. The number of fused-ring (bicyclic) bond motifs is 1. The standard InChI is InChI=1S/C35H40F3N9OS/c1-22(39)5-2-6-23-15-26(18-29(16-23)49-35(36,37)38)31-19-27-21-47(34(48)46-32(27)45-31)28-10-8-25(9-11-28)30(17-24-7-3-12-42-20-24)43-13-4-14-44-33(40)41/h3,7-12,15-16,18-22,30,43H,2,4-6,13-14,17,39H2,1H3,(H4,40,41,44)(H,45,46,48)/t22-,30-/m0/s1. The zero-order chi connectivity index (χ0) is 35.0. The van der Waals surface area contributed by atoms with E-state index in [4.69, 9.17) is 17.2 Å². The second kappa shape index (κ2) is 16.2. The number of rotatable bonds is 15. The van der Waals surface area contributed by atoms with Gasteiger partial charge in [0.25, 0.3) is 0 Å². The average Bonchev–Trinajstić information content (AvgIpc) is 3.46. The van der Waals surface area contributed by atoms with Gasteiger partial charge in [0, 0.05) is 53.2 Å². The van der Waals surface area contributed by atoms with Gasteiger partial charge >= 0.3 is 11.2 Å². The van der Waals surface area contributed by atoms with Gasteiger partial charge in [0.05, 0.1) is 5.69 Å². The highest BCUT2D eigenvalue weighted by atomic mass is 32.2. The molecule has 5 aromatic rings. The van der Waals surface area contributed by atoms with Crippen LogP contribution in [0.15, 0.2) is 93.9 Å². The van der Waals surface area contributed by atoms with E-state index < -0.39 is 11.2 Å². The van der Waals surface area contributed by atoms with Gasteiger partial charge in [-0.2, -0.15) is 18.2 Å². The summed E-state index contributed by atoms with van der Waals surface area (Å²) in [6.45, 7) is 3.11. The highest BCUT2D eigenvalue weighted by Gasteiger charge is 2.29. The lowest BCUT2D eigenvalue weighted by molar-refractivity contribution is -0.0328. The molecular weight excluding hydrogens is 652 g/mol. The topological polar surface area (TPSA) is 166 Å². The fraction of sp³-hybridized carbons (Fsp3) is 0.314. The number of aromatic amines is 1. The number of nitrogens with two attached hydrogens (primary N) is 3. The van der Waals surface area contributed by atoms with Gasteiger partial charge in [-0.15, -0.1) is 0 Å². The zero-order valence-corrected chi connectivity index (χ0v) is 27.9. The van der Waals surface area contributed by atoms with Crippen molar-refractivity contribution in [1.29, 1.82) is 0 Å². The molecule has 10 nitrogen and oxygen atoms in total. The van der Waals surface area contributed by atoms with E-state index in [-0.39, 0.29) is 34.7 Å². The van der Waals surface area contributed by atoms with Gasteiger partial charge in [0.15, 0.2) is 5.96 Å². The van der Waals surface area contributed by atoms with Gasteiger partial charge in [-0.3, -0.25) is 14.5 Å². The summed E-state index contributed by atoms with van der Waals surface area (Å²) in [5.41, 5.74) is 16.8. The van der Waals surface area contributed by atoms with Gasteiger partial charge in [0.1, 0.15) is 5.65 Å². The van der Waals surface area contributed by atoms with E-state index in [1.807, 2.05) is 55.6 Å². The molecule has 0 aliphatic heterocycles. The first-order chi connectivity index (χ1) is 23.4. The van der Waals surface area contributed by atoms with Crippen LogP contribution in [-0.4, -0.2) is 50.1 Å². The molecular formula is C35H40F3N9OS. The predicted octanol–water partition coefficient (Wildman–Crippen LogP) is 5.59. The number of hydrogen-bond acceptors (Lipinski definition) is 7. The number of nitrogens with one attached hydrogen (secondary N) is 2. The summed E-state index contributed by atoms with van der Waals surface area (Å²) >= 11 is -0.147. The molecule has 49 heavy (non-hydrogen) atoms. The number of aryl methyl sites for hydroxylation is 1. The van der Waals surface area contributed by atoms with Crippen molar-refractivity contribution in [2.75, 3.05) is 13.1 Å². The predicted molar refractivity (Wildman–Crippen MR) is 190 cm³/mol. The summed E-state index contributed by atoms with van der Waals surface area (Å²) in [5.74, 6) is 0.0634. The first-order valence-electron chi connectivity index (χ1n) is 16.0. The molecule has 14 heteroatoms. The van der Waals surface area contributed by atoms with Crippen LogP contribution in [0.5, 0.6) is 0 Å². The highest BCUT2D eigenvalue weighted by molar-refractivity contribution is 8.00. The molecule has 0 saturated heterocycles. The molecule has 0 aliphatic rings. The zero-order valence-electron chi connectivity index (χ0n) is 27.1. The molecule has 3 aromatic heterocycles. The van der Waals surface area contributed by atoms with Gasteiger partial charge < -0.3 is 27.5 Å². The maximum absolute atomic E-state index is 13.3. The molecule has 0 aliphatic carbocycles. The molecule has 0 amide bonds. The monoisotopic (exact) mass is 691 g/mol. The van der Waals surface area contributed by atoms with Crippen LogP contribution in [-0.2, 0) is 12.8 Å². The van der Waals surface area contributed by atoms with Crippen LogP contribution in [0, 0.1) is 0 Å². The summed E-state index contributed by atoms with van der Waals surface area (Å²) in [5, 5.41) is 4.22. The Morgan fingerprint density at radius 1 is 1.08 bits per heavy atom. The van der Waals surface area contributed by atoms with Crippen molar-refractivity contribution in [2.45, 2.75) is 61.5 Å². The smallest absolute Gasteiger partial charge is 0.370 e. The van der Waals surface area contributed by atoms with Crippen molar-refractivity contribution in [3.8, 4) is 16.9 Å². The van der Waals surface area contributed by atoms with Crippen molar-refractivity contribution in [3.05, 3.63) is 106 Å². The number of nitrogens with zero attached hydrogens (tertiary/aromatic N) is 4. The van der Waals surface area contributed by atoms with E-state index in [0.717, 1.165) is 36.0 Å². The molecule has 0 spiro atoms. The van der Waals surface area contributed by atoms with Crippen LogP contribution in [0.1, 0.15) is 48.9 Å². The number of pyridine rings is 1. The Bertz CT molecular complexity index is 1920. The third-order valence-electron chi connectivity index (χ3n) is 7.90. The lowest BCUT2D eigenvalue weighted by atomic mass is 9.99. The molecule has 0 radical (unpaired) electrons. The van der Waals surface area contributed by atoms with Crippen LogP contribution >= 0.6 is 11.8 Å². The molecule has 0 fully saturated rings. The minimum absolute atomic E-state index is 0.00832. The normalized spacial score (nSPS) is 13.0. The summed E-state index contributed by atoms with van der Waals surface area (Å²) in [6.07, 6.45) is 8.82. The molecule has 2 atom stereocenters. The number of alkyl halides is 3. The summed E-state index contributed by atoms with van der Waals surface area (Å²) < 4.78 is 41.4. The van der Waals surface area contributed by atoms with Gasteiger partial charge in [-0.25, -0.2) is 4.79 Å². The minimum atomic E-state index is -4.42. The molecule has 3 heterocycles. The number of aliphatic imine (C=N–C) groups is 1. The van der Waals surface area contributed by atoms with Crippen molar-refractivity contribution in [3.63, 3.8) is 0 Å². The van der Waals surface area contributed by atoms with Gasteiger partial charge in [0.2, 0.25) is 0 Å². The Morgan fingerprint density at radius 2 is 1.88 bits per heavy atom. The molecule has 8 N–H and O–H groups in total. The number of thioether (sulfide) groups is 1. The van der Waals surface area contributed by atoms with Gasteiger partial charge in [-0.05, 0) is 122 Å². The van der Waals surface area contributed by atoms with E-state index in [9.17, 15) is 18.0 Å². The SMILES string of the molecule is C[C@H](N)CCCc1cc(SC(F)(F)F)cc(-c2cc3cn(-c4ccc([C@H](Cc5cccnc5)NCCCN=C(N)N)cc4)c(=O)nc3[nH]2)c1. The number of halogens is 3. The van der Waals surface area contributed by atoms with Crippen LogP contribution in [0.4, 0.5) is 13.2 Å². The Morgan fingerprint density at radius 3 is 2.57 bits per heavy atom. The molecule has 0 unspecified atom stereocenters. The second-order valence-corrected chi connectivity index (χ2v) is 13.1. The molecule has 5 rings (SSSR count). The third-order valence-corrected chi connectivity index (χ3v) is 8.60. The number of hydrogen-bond donors (Lipinski definition) is 5. The third kappa shape index (κ3) is 10.4. The van der Waals surface area contributed by atoms with E-state index in [0.29, 0.717) is 53.9 Å². The molecule has 258 valence electrons. The number of H-pyrrole nitrogens is 1. The second-order valence-electron chi connectivity index (χ2n) is 12.0. The van der Waals surface area contributed by atoms with E-state index in [1.165, 1.54) is 10.6 Å². The first-order valence-corrected chi connectivity index (χ1v) is 16.8. The fourth-order valence-corrected chi connectivity index (χ4v) is 6.27. The lowest BCUT2D eigenvalue weighted by Crippen LogP contribution is -2.26. The Balaban J connectivity index is 1.40. The molecule has 0 bridgehead atoms. The van der Waals surface area contributed by atoms with Crippen molar-refractivity contribution < 1.29 is 13.2 Å². The lowest BCUT2D eigenvalue weighted by Gasteiger charge is -2.20. The van der Waals surface area contributed by atoms with Crippen LogP contribution in [0.3, 0.4) is 0 Å². The van der Waals surface area contributed by atoms with Crippen LogP contribution in [0.2, 0.25) is 0 Å². The summed E-state index contributed by atoms with van der Waals surface area (Å²) in [7, 11) is 0. The Labute approximate surface area is 286 Å². The number of guanidine groups is 1. The number of aromatic nitrogens is 4. The maximum Gasteiger partial charge on any atom is 0.446 e. The quantitative estimate of drug-likeness (QED) is 0.0410. The van der Waals surface area contributed by atoms with Crippen molar-refractivity contribution in [1.82, 2.24) is 24.8 Å². The number of benzene rings is 2. The minimum Gasteiger partial charge on any atom is -0.370 e. The Kier molecular flexibility index (Phi) is 11.8. The fourth-order valence-electron chi connectivity index (χ4n) is 5.61. The largest absolute Gasteiger partial charge is 0.446 e. The average molecular weight is 692 g/mol. The first kappa shape index (κ1) is 35.6. The maximum atomic E-state index is 13.3. The van der Waals surface area contributed by atoms with Crippen LogP contribution < -0.4 is 28.2 Å². The van der Waals surface area contributed by atoms with Gasteiger partial charge in [-0.1, -0.05) is 18.2 Å². The highest BCUT2D eigenvalue weighted by Crippen LogP contribution is 2.39. The van der Waals surface area contributed by atoms with E-state index in [1.54, 1.807) is 24.5 Å². The van der Waals surface area contributed by atoms with E-state index >= 15 is 0 Å². The van der Waals surface area contributed by atoms with Crippen molar-refractivity contribution in [2.24, 2.45) is 22.2 Å². The summed E-state index contributed by atoms with van der Waals surface area (Å²) in [6, 6.07) is 18.3. The van der Waals surface area contributed by atoms with E-state index in [2.05, 4.69) is 25.3 Å². The molecule has 0 saturated carbocycles. The summed E-state index contributed by atoms with van der Waals surface area (Å²) in [4.78, 5) is 28.9.